The highest BCUT2D eigenvalue weighted by Gasteiger charge is 2.47. The summed E-state index contributed by atoms with van der Waals surface area (Å²) in [5.41, 5.74) is 1.86. The molecular formula is C20H22N2O2. The summed E-state index contributed by atoms with van der Waals surface area (Å²) in [6.07, 6.45) is 5.20. The second kappa shape index (κ2) is 6.27. The second-order valence-electron chi connectivity index (χ2n) is 6.91. The predicted molar refractivity (Wildman–Crippen MR) is 92.1 cm³/mol. The molecule has 4 atom stereocenters. The third-order valence-electron chi connectivity index (χ3n) is 5.57. The molecule has 2 bridgehead atoms. The number of rotatable bonds is 4. The average molecular weight is 322 g/mol. The fourth-order valence-electron chi connectivity index (χ4n) is 4.49. The summed E-state index contributed by atoms with van der Waals surface area (Å²) in [7, 11) is 1.69. The number of nitrogens with zero attached hydrogens (tertiary/aromatic N) is 1. The number of hydrogen-bond acceptors (Lipinski definition) is 3. The van der Waals surface area contributed by atoms with E-state index in [4.69, 9.17) is 4.74 Å². The summed E-state index contributed by atoms with van der Waals surface area (Å²) in [6, 6.07) is 14.1. The summed E-state index contributed by atoms with van der Waals surface area (Å²) >= 11 is 0. The standard InChI is InChI=1S/C20H22N2O2/c1-24-15-7-5-14(6-8-15)16-10-13-11-17(16)19(12-13)22-20(23)18-4-2-3-9-21-18/h2-9,13,16-17,19H,10-12H2,1H3,(H,22,23). The van der Waals surface area contributed by atoms with Crippen LogP contribution in [0, 0.1) is 11.8 Å². The molecule has 4 unspecified atom stereocenters. The first-order valence-corrected chi connectivity index (χ1v) is 8.60. The first-order chi connectivity index (χ1) is 11.7. The van der Waals surface area contributed by atoms with Crippen molar-refractivity contribution in [3.8, 4) is 5.75 Å². The molecule has 0 aliphatic heterocycles. The Bertz CT molecular complexity index is 714. The van der Waals surface area contributed by atoms with E-state index in [1.54, 1.807) is 19.4 Å². The van der Waals surface area contributed by atoms with E-state index in [-0.39, 0.29) is 11.9 Å². The number of amides is 1. The van der Waals surface area contributed by atoms with Gasteiger partial charge in [0.2, 0.25) is 0 Å². The summed E-state index contributed by atoms with van der Waals surface area (Å²) < 4.78 is 5.25. The van der Waals surface area contributed by atoms with Crippen LogP contribution in [0.1, 0.15) is 41.2 Å². The number of ether oxygens (including phenoxy) is 1. The molecule has 1 aromatic heterocycles. The Morgan fingerprint density at radius 3 is 2.62 bits per heavy atom. The first kappa shape index (κ1) is 15.2. The van der Waals surface area contributed by atoms with Gasteiger partial charge in [0, 0.05) is 12.2 Å². The quantitative estimate of drug-likeness (QED) is 0.938. The molecule has 124 valence electrons. The van der Waals surface area contributed by atoms with Crippen LogP contribution >= 0.6 is 0 Å². The topological polar surface area (TPSA) is 51.2 Å². The minimum Gasteiger partial charge on any atom is -0.497 e. The molecule has 2 aliphatic carbocycles. The van der Waals surface area contributed by atoms with Crippen LogP contribution in [0.3, 0.4) is 0 Å². The molecule has 4 rings (SSSR count). The number of hydrogen-bond donors (Lipinski definition) is 1. The van der Waals surface area contributed by atoms with Crippen molar-refractivity contribution in [3.63, 3.8) is 0 Å². The van der Waals surface area contributed by atoms with Gasteiger partial charge in [0.25, 0.3) is 5.91 Å². The Kier molecular flexibility index (Phi) is 3.97. The summed E-state index contributed by atoms with van der Waals surface area (Å²) in [6.45, 7) is 0. The third-order valence-corrected chi connectivity index (χ3v) is 5.57. The normalized spacial score (nSPS) is 27.9. The molecule has 0 spiro atoms. The van der Waals surface area contributed by atoms with Crippen molar-refractivity contribution >= 4 is 5.91 Å². The van der Waals surface area contributed by atoms with Gasteiger partial charge in [0.1, 0.15) is 11.4 Å². The fourth-order valence-corrected chi connectivity index (χ4v) is 4.49. The molecule has 2 saturated carbocycles. The van der Waals surface area contributed by atoms with Crippen molar-refractivity contribution < 1.29 is 9.53 Å². The van der Waals surface area contributed by atoms with Crippen LogP contribution in [0.15, 0.2) is 48.7 Å². The van der Waals surface area contributed by atoms with Crippen LogP contribution in [0.25, 0.3) is 0 Å². The minimum atomic E-state index is -0.0540. The van der Waals surface area contributed by atoms with E-state index >= 15 is 0 Å². The van der Waals surface area contributed by atoms with Crippen LogP contribution in [0.4, 0.5) is 0 Å². The fraction of sp³-hybridized carbons (Fsp3) is 0.400. The summed E-state index contributed by atoms with van der Waals surface area (Å²) in [5.74, 6) is 2.61. The van der Waals surface area contributed by atoms with E-state index in [1.165, 1.54) is 18.4 Å². The number of benzene rings is 1. The molecule has 1 aromatic carbocycles. The number of pyridine rings is 1. The Morgan fingerprint density at radius 2 is 1.96 bits per heavy atom. The van der Waals surface area contributed by atoms with E-state index in [0.717, 1.165) is 18.1 Å². The van der Waals surface area contributed by atoms with E-state index in [2.05, 4.69) is 22.4 Å². The average Bonchev–Trinajstić information content (AvgIpc) is 3.23. The SMILES string of the molecule is COc1ccc(C2CC3CC(NC(=O)c4ccccn4)C2C3)cc1. The molecule has 4 heteroatoms. The van der Waals surface area contributed by atoms with Gasteiger partial charge < -0.3 is 10.1 Å². The molecule has 2 fully saturated rings. The largest absolute Gasteiger partial charge is 0.497 e. The van der Waals surface area contributed by atoms with Gasteiger partial charge in [0.05, 0.1) is 7.11 Å². The van der Waals surface area contributed by atoms with Gasteiger partial charge in [-0.25, -0.2) is 0 Å². The Balaban J connectivity index is 1.47. The molecule has 1 heterocycles. The smallest absolute Gasteiger partial charge is 0.270 e. The van der Waals surface area contributed by atoms with Crippen molar-refractivity contribution in [3.05, 3.63) is 59.9 Å². The maximum atomic E-state index is 12.4. The maximum absolute atomic E-state index is 12.4. The molecular weight excluding hydrogens is 300 g/mol. The van der Waals surface area contributed by atoms with Crippen molar-refractivity contribution in [1.82, 2.24) is 10.3 Å². The highest BCUT2D eigenvalue weighted by Crippen LogP contribution is 2.53. The first-order valence-electron chi connectivity index (χ1n) is 8.60. The van der Waals surface area contributed by atoms with Crippen molar-refractivity contribution in [2.24, 2.45) is 11.8 Å². The molecule has 24 heavy (non-hydrogen) atoms. The number of carbonyl (C=O) groups is 1. The van der Waals surface area contributed by atoms with Crippen LogP contribution < -0.4 is 10.1 Å². The Hall–Kier alpha value is -2.36. The van der Waals surface area contributed by atoms with E-state index in [1.807, 2.05) is 24.3 Å². The molecule has 0 radical (unpaired) electrons. The molecule has 2 aliphatic rings. The van der Waals surface area contributed by atoms with Crippen LogP contribution in [-0.2, 0) is 0 Å². The number of fused-ring (bicyclic) bond motifs is 2. The predicted octanol–water partition coefficient (Wildman–Crippen LogP) is 3.40. The molecule has 1 amide bonds. The van der Waals surface area contributed by atoms with E-state index < -0.39 is 0 Å². The van der Waals surface area contributed by atoms with E-state index in [9.17, 15) is 4.79 Å². The molecule has 4 nitrogen and oxygen atoms in total. The van der Waals surface area contributed by atoms with Gasteiger partial charge in [0.15, 0.2) is 0 Å². The van der Waals surface area contributed by atoms with Crippen LogP contribution in [-0.4, -0.2) is 24.0 Å². The molecule has 2 aromatic rings. The van der Waals surface area contributed by atoms with Crippen molar-refractivity contribution in [1.29, 1.82) is 0 Å². The van der Waals surface area contributed by atoms with Crippen LogP contribution in [0.5, 0.6) is 5.75 Å². The molecule has 1 N–H and O–H groups in total. The highest BCUT2D eigenvalue weighted by molar-refractivity contribution is 5.92. The number of carbonyl (C=O) groups excluding carboxylic acids is 1. The van der Waals surface area contributed by atoms with Crippen LogP contribution in [0.2, 0.25) is 0 Å². The number of methoxy groups -OCH3 is 1. The zero-order valence-electron chi connectivity index (χ0n) is 13.8. The summed E-state index contributed by atoms with van der Waals surface area (Å²) in [5, 5.41) is 3.22. The highest BCUT2D eigenvalue weighted by atomic mass is 16.5. The lowest BCUT2D eigenvalue weighted by Gasteiger charge is -2.30. The van der Waals surface area contributed by atoms with Gasteiger partial charge in [-0.05, 0) is 66.8 Å². The lowest BCUT2D eigenvalue weighted by Crippen LogP contribution is -2.41. The summed E-state index contributed by atoms with van der Waals surface area (Å²) in [4.78, 5) is 16.6. The third kappa shape index (κ3) is 2.77. The maximum Gasteiger partial charge on any atom is 0.270 e. The van der Waals surface area contributed by atoms with Crippen molar-refractivity contribution in [2.75, 3.05) is 7.11 Å². The van der Waals surface area contributed by atoms with Gasteiger partial charge in [-0.1, -0.05) is 18.2 Å². The van der Waals surface area contributed by atoms with Gasteiger partial charge in [-0.3, -0.25) is 9.78 Å². The molecule has 0 saturated heterocycles. The monoisotopic (exact) mass is 322 g/mol. The van der Waals surface area contributed by atoms with Crippen molar-refractivity contribution in [2.45, 2.75) is 31.2 Å². The second-order valence-corrected chi connectivity index (χ2v) is 6.91. The Labute approximate surface area is 142 Å². The van der Waals surface area contributed by atoms with E-state index in [0.29, 0.717) is 17.5 Å². The zero-order chi connectivity index (χ0) is 16.5. The number of nitrogens with one attached hydrogen (secondary N) is 1. The lowest BCUT2D eigenvalue weighted by atomic mass is 9.80. The Morgan fingerprint density at radius 1 is 1.12 bits per heavy atom. The van der Waals surface area contributed by atoms with Gasteiger partial charge >= 0.3 is 0 Å². The minimum absolute atomic E-state index is 0.0540. The lowest BCUT2D eigenvalue weighted by molar-refractivity contribution is 0.0914. The zero-order valence-corrected chi connectivity index (χ0v) is 13.8. The van der Waals surface area contributed by atoms with Gasteiger partial charge in [-0.15, -0.1) is 0 Å². The number of aromatic nitrogens is 1. The van der Waals surface area contributed by atoms with Gasteiger partial charge in [-0.2, -0.15) is 0 Å².